The lowest BCUT2D eigenvalue weighted by atomic mass is 10.0. The zero-order valence-corrected chi connectivity index (χ0v) is 13.4. The highest BCUT2D eigenvalue weighted by Crippen LogP contribution is 2.30. The lowest BCUT2D eigenvalue weighted by Crippen LogP contribution is -2.31. The van der Waals surface area contributed by atoms with E-state index in [0.29, 0.717) is 10.8 Å². The van der Waals surface area contributed by atoms with Gasteiger partial charge in [0.2, 0.25) is 0 Å². The van der Waals surface area contributed by atoms with E-state index in [9.17, 15) is 0 Å². The number of hydrogen-bond donors (Lipinski definition) is 1. The predicted molar refractivity (Wildman–Crippen MR) is 85.0 cm³/mol. The molecule has 0 aliphatic rings. The highest BCUT2D eigenvalue weighted by molar-refractivity contribution is 9.10. The van der Waals surface area contributed by atoms with Gasteiger partial charge >= 0.3 is 0 Å². The van der Waals surface area contributed by atoms with E-state index in [-0.39, 0.29) is 12.1 Å². The first kappa shape index (κ1) is 15.3. The number of aromatic nitrogens is 1. The van der Waals surface area contributed by atoms with Crippen LogP contribution in [0.3, 0.4) is 0 Å². The molecule has 106 valence electrons. The van der Waals surface area contributed by atoms with Crippen LogP contribution in [0.25, 0.3) is 0 Å². The second kappa shape index (κ2) is 7.07. The summed E-state index contributed by atoms with van der Waals surface area (Å²) >= 11 is 9.63. The zero-order chi connectivity index (χ0) is 14.5. The van der Waals surface area contributed by atoms with Crippen molar-refractivity contribution in [3.8, 4) is 5.75 Å². The van der Waals surface area contributed by atoms with Crippen molar-refractivity contribution in [2.75, 3.05) is 0 Å². The lowest BCUT2D eigenvalue weighted by molar-refractivity contribution is 0.170. The summed E-state index contributed by atoms with van der Waals surface area (Å²) in [6, 6.07) is 9.32. The molecule has 2 rings (SSSR count). The smallest absolute Gasteiger partial charge is 0.140 e. The summed E-state index contributed by atoms with van der Waals surface area (Å²) in [5.41, 5.74) is 7.08. The van der Waals surface area contributed by atoms with Gasteiger partial charge in [-0.3, -0.25) is 4.98 Å². The standard InChI is InChI=1S/C15H16BrClN2O/c1-2-14(18)15(12-5-3-4-6-13(12)17)20-11-7-10(16)8-19-9-11/h3-9,14-15H,2,18H2,1H3. The first-order valence-corrected chi connectivity index (χ1v) is 7.56. The minimum absolute atomic E-state index is 0.145. The molecule has 20 heavy (non-hydrogen) atoms. The Labute approximate surface area is 132 Å². The van der Waals surface area contributed by atoms with Crippen LogP contribution >= 0.6 is 27.5 Å². The normalized spacial score (nSPS) is 13.8. The molecule has 0 spiro atoms. The Bertz CT molecular complexity index is 579. The van der Waals surface area contributed by atoms with Crippen molar-refractivity contribution in [1.82, 2.24) is 4.98 Å². The van der Waals surface area contributed by atoms with Gasteiger partial charge in [0.25, 0.3) is 0 Å². The summed E-state index contributed by atoms with van der Waals surface area (Å²) in [6.07, 6.45) is 3.86. The molecule has 0 radical (unpaired) electrons. The van der Waals surface area contributed by atoms with Gasteiger partial charge in [-0.2, -0.15) is 0 Å². The van der Waals surface area contributed by atoms with Crippen LogP contribution in [0, 0.1) is 0 Å². The second-order valence-electron chi connectivity index (χ2n) is 4.47. The molecule has 1 aromatic carbocycles. The maximum Gasteiger partial charge on any atom is 0.140 e. The number of nitrogens with zero attached hydrogens (tertiary/aromatic N) is 1. The Morgan fingerprint density at radius 3 is 2.75 bits per heavy atom. The van der Waals surface area contributed by atoms with E-state index >= 15 is 0 Å². The number of ether oxygens (including phenoxy) is 1. The van der Waals surface area contributed by atoms with Crippen LogP contribution in [0.1, 0.15) is 25.0 Å². The molecule has 2 atom stereocenters. The molecule has 1 aromatic heterocycles. The third-order valence-corrected chi connectivity index (χ3v) is 3.79. The number of hydrogen-bond acceptors (Lipinski definition) is 3. The SMILES string of the molecule is CCC(N)C(Oc1cncc(Br)c1)c1ccccc1Cl. The van der Waals surface area contributed by atoms with Gasteiger partial charge in [0.15, 0.2) is 0 Å². The molecule has 0 saturated carbocycles. The molecule has 0 aliphatic heterocycles. The molecule has 5 heteroatoms. The quantitative estimate of drug-likeness (QED) is 0.867. The third-order valence-electron chi connectivity index (χ3n) is 3.01. The average molecular weight is 356 g/mol. The van der Waals surface area contributed by atoms with Crippen LogP contribution in [0.2, 0.25) is 5.02 Å². The van der Waals surface area contributed by atoms with E-state index in [0.717, 1.165) is 16.5 Å². The highest BCUT2D eigenvalue weighted by Gasteiger charge is 2.23. The first-order valence-electron chi connectivity index (χ1n) is 6.39. The van der Waals surface area contributed by atoms with Gasteiger partial charge in [-0.15, -0.1) is 0 Å². The van der Waals surface area contributed by atoms with Crippen LogP contribution in [-0.4, -0.2) is 11.0 Å². The molecule has 2 N–H and O–H groups in total. The summed E-state index contributed by atoms with van der Waals surface area (Å²) in [5.74, 6) is 0.660. The Hall–Kier alpha value is -1.10. The molecule has 0 fully saturated rings. The predicted octanol–water partition coefficient (Wildman–Crippen LogP) is 4.35. The molecular formula is C15H16BrClN2O. The fraction of sp³-hybridized carbons (Fsp3) is 0.267. The van der Waals surface area contributed by atoms with Gasteiger partial charge < -0.3 is 10.5 Å². The number of benzene rings is 1. The molecule has 1 heterocycles. The molecule has 0 bridgehead atoms. The topological polar surface area (TPSA) is 48.1 Å². The van der Waals surface area contributed by atoms with Crippen molar-refractivity contribution < 1.29 is 4.74 Å². The number of pyridine rings is 1. The highest BCUT2D eigenvalue weighted by atomic mass is 79.9. The van der Waals surface area contributed by atoms with Gasteiger partial charge in [-0.25, -0.2) is 0 Å². The molecule has 3 nitrogen and oxygen atoms in total. The summed E-state index contributed by atoms with van der Waals surface area (Å²) in [5, 5.41) is 0.657. The van der Waals surface area contributed by atoms with Crippen LogP contribution in [0.4, 0.5) is 0 Å². The van der Waals surface area contributed by atoms with Crippen LogP contribution in [0.5, 0.6) is 5.75 Å². The molecule has 0 saturated heterocycles. The molecule has 2 aromatic rings. The van der Waals surface area contributed by atoms with Gasteiger partial charge in [0.1, 0.15) is 11.9 Å². The maximum absolute atomic E-state index is 6.26. The lowest BCUT2D eigenvalue weighted by Gasteiger charge is -2.25. The van der Waals surface area contributed by atoms with E-state index in [2.05, 4.69) is 20.9 Å². The zero-order valence-electron chi connectivity index (χ0n) is 11.1. The van der Waals surface area contributed by atoms with E-state index in [4.69, 9.17) is 22.1 Å². The molecule has 0 amide bonds. The number of rotatable bonds is 5. The van der Waals surface area contributed by atoms with Gasteiger partial charge in [0.05, 0.1) is 6.20 Å². The maximum atomic E-state index is 6.26. The van der Waals surface area contributed by atoms with Crippen molar-refractivity contribution in [3.63, 3.8) is 0 Å². The monoisotopic (exact) mass is 354 g/mol. The van der Waals surface area contributed by atoms with Gasteiger partial charge in [-0.1, -0.05) is 36.7 Å². The Kier molecular flexibility index (Phi) is 5.40. The molecule has 2 unspecified atom stereocenters. The minimum atomic E-state index is -0.301. The summed E-state index contributed by atoms with van der Waals surface area (Å²) in [4.78, 5) is 4.09. The van der Waals surface area contributed by atoms with Crippen LogP contribution < -0.4 is 10.5 Å². The van der Waals surface area contributed by atoms with Crippen molar-refractivity contribution >= 4 is 27.5 Å². The van der Waals surface area contributed by atoms with Gasteiger partial charge in [-0.05, 0) is 34.5 Å². The fourth-order valence-electron chi connectivity index (χ4n) is 1.90. The van der Waals surface area contributed by atoms with E-state index < -0.39 is 0 Å². The fourth-order valence-corrected chi connectivity index (χ4v) is 2.49. The van der Waals surface area contributed by atoms with E-state index in [1.54, 1.807) is 12.4 Å². The average Bonchev–Trinajstić information content (AvgIpc) is 2.45. The van der Waals surface area contributed by atoms with Crippen molar-refractivity contribution in [1.29, 1.82) is 0 Å². The summed E-state index contributed by atoms with van der Waals surface area (Å²) in [7, 11) is 0. The Morgan fingerprint density at radius 1 is 1.35 bits per heavy atom. The Morgan fingerprint density at radius 2 is 2.10 bits per heavy atom. The summed E-state index contributed by atoms with van der Waals surface area (Å²) in [6.45, 7) is 2.02. The second-order valence-corrected chi connectivity index (χ2v) is 5.79. The Balaban J connectivity index is 2.32. The minimum Gasteiger partial charge on any atom is -0.482 e. The van der Waals surface area contributed by atoms with Crippen molar-refractivity contribution in [3.05, 3.63) is 57.8 Å². The number of nitrogens with two attached hydrogens (primary N) is 1. The van der Waals surface area contributed by atoms with Gasteiger partial charge in [0, 0.05) is 27.3 Å². The largest absolute Gasteiger partial charge is 0.482 e. The van der Waals surface area contributed by atoms with E-state index in [1.807, 2.05) is 37.3 Å². The van der Waals surface area contributed by atoms with E-state index in [1.165, 1.54) is 0 Å². The first-order chi connectivity index (χ1) is 9.61. The molecular weight excluding hydrogens is 340 g/mol. The van der Waals surface area contributed by atoms with Crippen molar-refractivity contribution in [2.24, 2.45) is 5.73 Å². The third kappa shape index (κ3) is 3.72. The van der Waals surface area contributed by atoms with Crippen LogP contribution in [-0.2, 0) is 0 Å². The number of halogens is 2. The van der Waals surface area contributed by atoms with Crippen LogP contribution in [0.15, 0.2) is 47.2 Å². The van der Waals surface area contributed by atoms with Crippen molar-refractivity contribution in [2.45, 2.75) is 25.5 Å². The molecule has 0 aliphatic carbocycles. The summed E-state index contributed by atoms with van der Waals surface area (Å²) < 4.78 is 6.87.